The summed E-state index contributed by atoms with van der Waals surface area (Å²) in [6.07, 6.45) is 8.62. The molecule has 1 aliphatic heterocycles. The minimum Gasteiger partial charge on any atom is -0.355 e. The van der Waals surface area contributed by atoms with E-state index in [2.05, 4.69) is 10.6 Å². The summed E-state index contributed by atoms with van der Waals surface area (Å²) in [5.41, 5.74) is 0.541. The Morgan fingerprint density at radius 1 is 1.17 bits per heavy atom. The van der Waals surface area contributed by atoms with Crippen LogP contribution in [0.15, 0.2) is 11.4 Å². The Bertz CT molecular complexity index is 566. The van der Waals surface area contributed by atoms with E-state index in [1.807, 2.05) is 10.3 Å². The fourth-order valence-electron chi connectivity index (χ4n) is 3.94. The Morgan fingerprint density at radius 3 is 2.70 bits per heavy atom. The van der Waals surface area contributed by atoms with Gasteiger partial charge in [-0.15, -0.1) is 11.3 Å². The molecular formula is C17H25N3O2S. The largest absolute Gasteiger partial charge is 0.355 e. The number of nitrogens with zero attached hydrogens (tertiary/aromatic N) is 1. The molecule has 0 bridgehead atoms. The van der Waals surface area contributed by atoms with Crippen molar-refractivity contribution in [3.63, 3.8) is 0 Å². The SMILES string of the molecule is CNC(=O)c1ccsc1NC(=O)N1CCCC1C1CCCCC1. The number of hydrogen-bond acceptors (Lipinski definition) is 3. The molecule has 0 spiro atoms. The van der Waals surface area contributed by atoms with Crippen LogP contribution in [0.5, 0.6) is 0 Å². The lowest BCUT2D eigenvalue weighted by Gasteiger charge is -2.34. The second-order valence-electron chi connectivity index (χ2n) is 6.47. The number of rotatable bonds is 3. The van der Waals surface area contributed by atoms with Gasteiger partial charge in [0.1, 0.15) is 5.00 Å². The number of carbonyl (C=O) groups is 2. The molecule has 1 atom stereocenters. The van der Waals surface area contributed by atoms with Crippen LogP contribution in [-0.4, -0.2) is 36.5 Å². The zero-order valence-electron chi connectivity index (χ0n) is 13.6. The maximum absolute atomic E-state index is 12.7. The molecule has 2 heterocycles. The van der Waals surface area contributed by atoms with Crippen LogP contribution in [-0.2, 0) is 0 Å². The first-order valence-corrected chi connectivity index (χ1v) is 9.46. The lowest BCUT2D eigenvalue weighted by atomic mass is 9.83. The number of hydrogen-bond donors (Lipinski definition) is 2. The summed E-state index contributed by atoms with van der Waals surface area (Å²) in [4.78, 5) is 26.6. The van der Waals surface area contributed by atoms with Gasteiger partial charge < -0.3 is 10.2 Å². The molecule has 1 saturated heterocycles. The van der Waals surface area contributed by atoms with Crippen LogP contribution >= 0.6 is 11.3 Å². The lowest BCUT2D eigenvalue weighted by molar-refractivity contribution is 0.0964. The normalized spacial score (nSPS) is 22.1. The van der Waals surface area contributed by atoms with Crippen LogP contribution in [0.1, 0.15) is 55.3 Å². The molecule has 1 unspecified atom stereocenters. The molecule has 2 N–H and O–H groups in total. The van der Waals surface area contributed by atoms with Gasteiger partial charge in [0, 0.05) is 19.6 Å². The Balaban J connectivity index is 1.67. The highest BCUT2D eigenvalue weighted by Crippen LogP contribution is 2.35. The van der Waals surface area contributed by atoms with Crippen molar-refractivity contribution in [2.75, 3.05) is 18.9 Å². The van der Waals surface area contributed by atoms with Crippen LogP contribution in [0.3, 0.4) is 0 Å². The molecule has 3 amide bonds. The Hall–Kier alpha value is -1.56. The number of nitrogens with one attached hydrogen (secondary N) is 2. The molecule has 6 heteroatoms. The summed E-state index contributed by atoms with van der Waals surface area (Å²) in [5, 5.41) is 8.05. The Morgan fingerprint density at radius 2 is 1.96 bits per heavy atom. The van der Waals surface area contributed by atoms with Gasteiger partial charge in [-0.05, 0) is 43.0 Å². The zero-order chi connectivity index (χ0) is 16.2. The Labute approximate surface area is 141 Å². The van der Waals surface area contributed by atoms with Gasteiger partial charge in [0.05, 0.1) is 5.56 Å². The van der Waals surface area contributed by atoms with Crippen molar-refractivity contribution in [2.45, 2.75) is 51.0 Å². The highest BCUT2D eigenvalue weighted by Gasteiger charge is 2.35. The molecule has 5 nitrogen and oxygen atoms in total. The third-order valence-corrected chi connectivity index (χ3v) is 5.94. The van der Waals surface area contributed by atoms with E-state index >= 15 is 0 Å². The predicted molar refractivity (Wildman–Crippen MR) is 93.0 cm³/mol. The van der Waals surface area contributed by atoms with Gasteiger partial charge in [-0.2, -0.15) is 0 Å². The number of urea groups is 1. The van der Waals surface area contributed by atoms with E-state index in [0.717, 1.165) is 19.4 Å². The van der Waals surface area contributed by atoms with Gasteiger partial charge in [0.2, 0.25) is 0 Å². The standard InChI is InChI=1S/C17H25N3O2S/c1-18-15(21)13-9-11-23-16(13)19-17(22)20-10-5-8-14(20)12-6-3-2-4-7-12/h9,11-12,14H,2-8,10H2,1H3,(H,18,21)(H,19,22). The van der Waals surface area contributed by atoms with Gasteiger partial charge in [-0.3, -0.25) is 10.1 Å². The number of thiophene rings is 1. The van der Waals surface area contributed by atoms with E-state index in [1.165, 1.54) is 43.4 Å². The summed E-state index contributed by atoms with van der Waals surface area (Å²) in [7, 11) is 1.60. The predicted octanol–water partition coefficient (Wildman–Crippen LogP) is 3.68. The highest BCUT2D eigenvalue weighted by atomic mass is 32.1. The third-order valence-electron chi connectivity index (χ3n) is 5.11. The van der Waals surface area contributed by atoms with E-state index in [0.29, 0.717) is 22.5 Å². The zero-order valence-corrected chi connectivity index (χ0v) is 14.5. The van der Waals surface area contributed by atoms with Crippen molar-refractivity contribution in [1.29, 1.82) is 0 Å². The molecular weight excluding hydrogens is 310 g/mol. The van der Waals surface area contributed by atoms with Crippen LogP contribution in [0.4, 0.5) is 9.80 Å². The molecule has 23 heavy (non-hydrogen) atoms. The van der Waals surface area contributed by atoms with Crippen LogP contribution in [0.2, 0.25) is 0 Å². The van der Waals surface area contributed by atoms with Crippen molar-refractivity contribution in [2.24, 2.45) is 5.92 Å². The Kier molecular flexibility index (Phi) is 5.20. The maximum atomic E-state index is 12.7. The molecule has 2 fully saturated rings. The van der Waals surface area contributed by atoms with Crippen molar-refractivity contribution in [1.82, 2.24) is 10.2 Å². The average molecular weight is 335 g/mol. The second-order valence-corrected chi connectivity index (χ2v) is 7.39. The minimum atomic E-state index is -0.160. The summed E-state index contributed by atoms with van der Waals surface area (Å²) >= 11 is 1.40. The summed E-state index contributed by atoms with van der Waals surface area (Å²) in [5.74, 6) is 0.491. The quantitative estimate of drug-likeness (QED) is 0.885. The molecule has 1 aromatic rings. The molecule has 1 saturated carbocycles. The molecule has 0 radical (unpaired) electrons. The first kappa shape index (κ1) is 16.3. The molecule has 0 aromatic carbocycles. The van der Waals surface area contributed by atoms with Gasteiger partial charge in [0.15, 0.2) is 0 Å². The van der Waals surface area contributed by atoms with Crippen molar-refractivity contribution in [3.05, 3.63) is 17.0 Å². The lowest BCUT2D eigenvalue weighted by Crippen LogP contribution is -2.43. The van der Waals surface area contributed by atoms with Crippen LogP contribution in [0, 0.1) is 5.92 Å². The fourth-order valence-corrected chi connectivity index (χ4v) is 4.72. The average Bonchev–Trinajstić information content (AvgIpc) is 3.24. The maximum Gasteiger partial charge on any atom is 0.322 e. The van der Waals surface area contributed by atoms with Crippen LogP contribution in [0.25, 0.3) is 0 Å². The molecule has 1 aliphatic carbocycles. The third kappa shape index (κ3) is 3.52. The molecule has 126 valence electrons. The van der Waals surface area contributed by atoms with E-state index < -0.39 is 0 Å². The monoisotopic (exact) mass is 335 g/mol. The van der Waals surface area contributed by atoms with E-state index in [9.17, 15) is 9.59 Å². The summed E-state index contributed by atoms with van der Waals surface area (Å²) in [6.45, 7) is 0.827. The number of amides is 3. The van der Waals surface area contributed by atoms with Gasteiger partial charge in [-0.1, -0.05) is 19.3 Å². The minimum absolute atomic E-state index is 0.0503. The molecule has 1 aromatic heterocycles. The van der Waals surface area contributed by atoms with Gasteiger partial charge >= 0.3 is 6.03 Å². The highest BCUT2D eigenvalue weighted by molar-refractivity contribution is 7.14. The summed E-state index contributed by atoms with van der Waals surface area (Å²) < 4.78 is 0. The number of carbonyl (C=O) groups excluding carboxylic acids is 2. The van der Waals surface area contributed by atoms with Crippen molar-refractivity contribution >= 4 is 28.3 Å². The second kappa shape index (κ2) is 7.34. The van der Waals surface area contributed by atoms with Gasteiger partial charge in [-0.25, -0.2) is 4.79 Å². The van der Waals surface area contributed by atoms with E-state index in [1.54, 1.807) is 13.1 Å². The summed E-state index contributed by atoms with van der Waals surface area (Å²) in [6, 6.07) is 2.08. The number of likely N-dealkylation sites (tertiary alicyclic amines) is 1. The smallest absolute Gasteiger partial charge is 0.322 e. The first-order chi connectivity index (χ1) is 11.2. The van der Waals surface area contributed by atoms with Crippen molar-refractivity contribution < 1.29 is 9.59 Å². The topological polar surface area (TPSA) is 61.4 Å². The molecule has 3 rings (SSSR count). The van der Waals surface area contributed by atoms with Crippen molar-refractivity contribution in [3.8, 4) is 0 Å². The fraction of sp³-hybridized carbons (Fsp3) is 0.647. The number of anilines is 1. The van der Waals surface area contributed by atoms with E-state index in [4.69, 9.17) is 0 Å². The van der Waals surface area contributed by atoms with Gasteiger partial charge in [0.25, 0.3) is 5.91 Å². The van der Waals surface area contributed by atoms with Crippen LogP contribution < -0.4 is 10.6 Å². The molecule has 2 aliphatic rings. The first-order valence-electron chi connectivity index (χ1n) is 8.58. The van der Waals surface area contributed by atoms with E-state index in [-0.39, 0.29) is 11.9 Å².